The van der Waals surface area contributed by atoms with Crippen molar-refractivity contribution in [2.45, 2.75) is 44.6 Å². The number of hydrogen-bond donors (Lipinski definition) is 1. The lowest BCUT2D eigenvalue weighted by Crippen LogP contribution is -2.43. The van der Waals surface area contributed by atoms with Gasteiger partial charge < -0.3 is 14.8 Å². The lowest BCUT2D eigenvalue weighted by Gasteiger charge is -2.25. The predicted molar refractivity (Wildman–Crippen MR) is 95.2 cm³/mol. The highest BCUT2D eigenvalue weighted by molar-refractivity contribution is 9.10. The van der Waals surface area contributed by atoms with Crippen LogP contribution >= 0.6 is 15.9 Å². The number of nitrogens with one attached hydrogen (secondary N) is 1. The van der Waals surface area contributed by atoms with E-state index < -0.39 is 12.0 Å². The van der Waals surface area contributed by atoms with E-state index in [1.54, 1.807) is 25.3 Å². The summed E-state index contributed by atoms with van der Waals surface area (Å²) in [5.41, 5.74) is 0.451. The third-order valence-electron chi connectivity index (χ3n) is 4.50. The van der Waals surface area contributed by atoms with E-state index in [1.165, 1.54) is 26.4 Å². The molecule has 1 aliphatic rings. The molecule has 1 saturated carbocycles. The monoisotopic (exact) mass is 397 g/mol. The van der Waals surface area contributed by atoms with Crippen LogP contribution in [0, 0.1) is 5.92 Å². The molecule has 5 nitrogen and oxygen atoms in total. The Morgan fingerprint density at radius 3 is 2.58 bits per heavy atom. The van der Waals surface area contributed by atoms with Crippen molar-refractivity contribution in [1.29, 1.82) is 0 Å². The van der Waals surface area contributed by atoms with E-state index in [2.05, 4.69) is 21.2 Å². The lowest BCUT2D eigenvalue weighted by atomic mass is 9.85. The second-order valence-electron chi connectivity index (χ2n) is 6.14. The van der Waals surface area contributed by atoms with Gasteiger partial charge in [-0.15, -0.1) is 0 Å². The van der Waals surface area contributed by atoms with Gasteiger partial charge in [-0.2, -0.15) is 0 Å². The Hall–Kier alpha value is -1.56. The standard InChI is InChI=1S/C18H24BrNO4/c1-23-16-11-13(8-9-14(16)19)17(21)20-15(18(22)24-2)10-12-6-4-3-5-7-12/h8-9,11-12,15H,3-7,10H2,1-2H3,(H,20,21)/t15-/m0/s1. The molecule has 0 saturated heterocycles. The van der Waals surface area contributed by atoms with Crippen LogP contribution in [0.15, 0.2) is 22.7 Å². The highest BCUT2D eigenvalue weighted by atomic mass is 79.9. The van der Waals surface area contributed by atoms with Crippen molar-refractivity contribution in [2.75, 3.05) is 14.2 Å². The molecule has 0 heterocycles. The van der Waals surface area contributed by atoms with Gasteiger partial charge >= 0.3 is 5.97 Å². The van der Waals surface area contributed by atoms with Gasteiger partial charge in [0.15, 0.2) is 0 Å². The summed E-state index contributed by atoms with van der Waals surface area (Å²) in [6.45, 7) is 0. The van der Waals surface area contributed by atoms with Crippen molar-refractivity contribution in [3.63, 3.8) is 0 Å². The number of halogens is 1. The number of esters is 1. The predicted octanol–water partition coefficient (Wildman–Crippen LogP) is 3.70. The second-order valence-corrected chi connectivity index (χ2v) is 6.99. The van der Waals surface area contributed by atoms with Crippen LogP contribution in [0.25, 0.3) is 0 Å². The Morgan fingerprint density at radius 1 is 1.25 bits per heavy atom. The van der Waals surface area contributed by atoms with Gasteiger partial charge in [-0.05, 0) is 46.5 Å². The molecule has 1 aliphatic carbocycles. The maximum Gasteiger partial charge on any atom is 0.328 e. The number of benzene rings is 1. The molecule has 1 aromatic rings. The normalized spacial score (nSPS) is 16.3. The third-order valence-corrected chi connectivity index (χ3v) is 5.15. The molecule has 24 heavy (non-hydrogen) atoms. The van der Waals surface area contributed by atoms with Crippen LogP contribution in [0.4, 0.5) is 0 Å². The molecule has 1 atom stereocenters. The van der Waals surface area contributed by atoms with E-state index in [0.29, 0.717) is 23.7 Å². The molecular weight excluding hydrogens is 374 g/mol. The summed E-state index contributed by atoms with van der Waals surface area (Å²) in [7, 11) is 2.90. The molecular formula is C18H24BrNO4. The third kappa shape index (κ3) is 4.97. The van der Waals surface area contributed by atoms with Crippen LogP contribution in [0.5, 0.6) is 5.75 Å². The van der Waals surface area contributed by atoms with E-state index in [0.717, 1.165) is 17.3 Å². The number of hydrogen-bond acceptors (Lipinski definition) is 4. The van der Waals surface area contributed by atoms with Crippen LogP contribution in [0.2, 0.25) is 0 Å². The molecule has 6 heteroatoms. The van der Waals surface area contributed by atoms with E-state index in [-0.39, 0.29) is 5.91 Å². The SMILES string of the molecule is COC(=O)[C@H](CC1CCCCC1)NC(=O)c1ccc(Br)c(OC)c1. The van der Waals surface area contributed by atoms with Crippen molar-refractivity contribution in [3.8, 4) is 5.75 Å². The fraction of sp³-hybridized carbons (Fsp3) is 0.556. The summed E-state index contributed by atoms with van der Waals surface area (Å²) in [5.74, 6) is 0.345. The fourth-order valence-electron chi connectivity index (χ4n) is 3.16. The van der Waals surface area contributed by atoms with Crippen molar-refractivity contribution in [1.82, 2.24) is 5.32 Å². The molecule has 1 N–H and O–H groups in total. The number of methoxy groups -OCH3 is 2. The van der Waals surface area contributed by atoms with Gasteiger partial charge in [-0.3, -0.25) is 4.79 Å². The molecule has 2 rings (SSSR count). The van der Waals surface area contributed by atoms with Gasteiger partial charge in [-0.25, -0.2) is 4.79 Å². The Kier molecular flexibility index (Phi) is 7.09. The van der Waals surface area contributed by atoms with Crippen LogP contribution in [0.1, 0.15) is 48.9 Å². The summed E-state index contributed by atoms with van der Waals surface area (Å²) in [6.07, 6.45) is 6.48. The molecule has 1 amide bonds. The Labute approximate surface area is 151 Å². The van der Waals surface area contributed by atoms with Crippen molar-refractivity contribution in [2.24, 2.45) is 5.92 Å². The number of amides is 1. The summed E-state index contributed by atoms with van der Waals surface area (Å²) < 4.78 is 10.9. The molecule has 1 fully saturated rings. The Bertz CT molecular complexity index is 584. The Morgan fingerprint density at radius 2 is 1.96 bits per heavy atom. The van der Waals surface area contributed by atoms with Gasteiger partial charge in [0, 0.05) is 5.56 Å². The number of ether oxygens (including phenoxy) is 2. The quantitative estimate of drug-likeness (QED) is 0.743. The first-order valence-corrected chi connectivity index (χ1v) is 9.06. The smallest absolute Gasteiger partial charge is 0.328 e. The molecule has 0 spiro atoms. The first-order valence-electron chi connectivity index (χ1n) is 8.27. The van der Waals surface area contributed by atoms with Crippen LogP contribution in [-0.2, 0) is 9.53 Å². The van der Waals surface area contributed by atoms with Crippen LogP contribution in [0.3, 0.4) is 0 Å². The van der Waals surface area contributed by atoms with E-state index in [1.807, 2.05) is 0 Å². The average Bonchev–Trinajstić information content (AvgIpc) is 2.61. The van der Waals surface area contributed by atoms with Gasteiger partial charge in [0.25, 0.3) is 5.91 Å². The Balaban J connectivity index is 2.07. The van der Waals surface area contributed by atoms with Crippen molar-refractivity contribution in [3.05, 3.63) is 28.2 Å². The summed E-state index contributed by atoms with van der Waals surface area (Å²) in [6, 6.07) is 4.48. The maximum absolute atomic E-state index is 12.5. The molecule has 132 valence electrons. The first kappa shape index (κ1) is 18.8. The van der Waals surface area contributed by atoms with Crippen molar-refractivity contribution < 1.29 is 19.1 Å². The summed E-state index contributed by atoms with van der Waals surface area (Å²) >= 11 is 3.36. The summed E-state index contributed by atoms with van der Waals surface area (Å²) in [4.78, 5) is 24.6. The highest BCUT2D eigenvalue weighted by Crippen LogP contribution is 2.28. The minimum atomic E-state index is -0.611. The molecule has 0 aliphatic heterocycles. The minimum Gasteiger partial charge on any atom is -0.496 e. The van der Waals surface area contributed by atoms with E-state index in [9.17, 15) is 9.59 Å². The number of rotatable bonds is 6. The topological polar surface area (TPSA) is 64.6 Å². The molecule has 0 aromatic heterocycles. The van der Waals surface area contributed by atoms with E-state index in [4.69, 9.17) is 9.47 Å². The second kappa shape index (κ2) is 9.06. The molecule has 0 bridgehead atoms. The lowest BCUT2D eigenvalue weighted by molar-refractivity contribution is -0.143. The molecule has 0 unspecified atom stereocenters. The highest BCUT2D eigenvalue weighted by Gasteiger charge is 2.27. The number of carbonyl (C=O) groups excluding carboxylic acids is 2. The van der Waals surface area contributed by atoms with Crippen LogP contribution in [-0.4, -0.2) is 32.1 Å². The fourth-order valence-corrected chi connectivity index (χ4v) is 3.56. The molecule has 1 aromatic carbocycles. The van der Waals surface area contributed by atoms with Crippen LogP contribution < -0.4 is 10.1 Å². The zero-order chi connectivity index (χ0) is 17.5. The number of carbonyl (C=O) groups is 2. The van der Waals surface area contributed by atoms with Gasteiger partial charge in [0.2, 0.25) is 0 Å². The largest absolute Gasteiger partial charge is 0.496 e. The molecule has 0 radical (unpaired) electrons. The zero-order valence-corrected chi connectivity index (χ0v) is 15.7. The van der Waals surface area contributed by atoms with Gasteiger partial charge in [-0.1, -0.05) is 32.1 Å². The van der Waals surface area contributed by atoms with Gasteiger partial charge in [0.05, 0.1) is 18.7 Å². The first-order chi connectivity index (χ1) is 11.5. The minimum absolute atomic E-state index is 0.299. The van der Waals surface area contributed by atoms with Gasteiger partial charge in [0.1, 0.15) is 11.8 Å². The maximum atomic E-state index is 12.5. The zero-order valence-electron chi connectivity index (χ0n) is 14.1. The van der Waals surface area contributed by atoms with Crippen molar-refractivity contribution >= 4 is 27.8 Å². The van der Waals surface area contributed by atoms with E-state index >= 15 is 0 Å². The summed E-state index contributed by atoms with van der Waals surface area (Å²) in [5, 5.41) is 2.82. The average molecular weight is 398 g/mol.